The lowest BCUT2D eigenvalue weighted by Crippen LogP contribution is -2.50. The fourth-order valence-corrected chi connectivity index (χ4v) is 4.29. The molecule has 0 bridgehead atoms. The molecule has 2 atom stereocenters. The quantitative estimate of drug-likeness (QED) is 0.937. The van der Waals surface area contributed by atoms with E-state index in [0.29, 0.717) is 12.1 Å². The summed E-state index contributed by atoms with van der Waals surface area (Å²) in [6, 6.07) is 9.94. The van der Waals surface area contributed by atoms with Gasteiger partial charge in [-0.05, 0) is 50.0 Å². The molecule has 1 aliphatic rings. The molecule has 3 nitrogen and oxygen atoms in total. The van der Waals surface area contributed by atoms with Crippen molar-refractivity contribution in [2.24, 2.45) is 0 Å². The maximum Gasteiger partial charge on any atom is 0.0390 e. The van der Waals surface area contributed by atoms with Crippen molar-refractivity contribution in [3.8, 4) is 0 Å². The molecule has 21 heavy (non-hydrogen) atoms. The van der Waals surface area contributed by atoms with E-state index in [9.17, 15) is 0 Å². The lowest BCUT2D eigenvalue weighted by molar-refractivity contribution is 0.102. The van der Waals surface area contributed by atoms with Gasteiger partial charge < -0.3 is 15.1 Å². The third-order valence-corrected chi connectivity index (χ3v) is 5.70. The van der Waals surface area contributed by atoms with Gasteiger partial charge in [-0.1, -0.05) is 18.2 Å². The summed E-state index contributed by atoms with van der Waals surface area (Å²) >= 11 is 1.86. The predicted octanol–water partition coefficient (Wildman–Crippen LogP) is 2.80. The van der Waals surface area contributed by atoms with Gasteiger partial charge in [0.2, 0.25) is 0 Å². The van der Waals surface area contributed by atoms with Crippen LogP contribution in [0.2, 0.25) is 0 Å². The molecular formula is C17H25N3S. The number of nitrogens with zero attached hydrogens (tertiary/aromatic N) is 2. The van der Waals surface area contributed by atoms with Crippen molar-refractivity contribution in [2.75, 3.05) is 40.8 Å². The molecule has 0 amide bonds. The van der Waals surface area contributed by atoms with Gasteiger partial charge in [0, 0.05) is 36.4 Å². The molecule has 1 aromatic heterocycles. The van der Waals surface area contributed by atoms with Gasteiger partial charge in [-0.25, -0.2) is 0 Å². The number of fused-ring (bicyclic) bond motifs is 1. The molecule has 2 aromatic rings. The van der Waals surface area contributed by atoms with Crippen LogP contribution in [0.4, 0.5) is 0 Å². The average molecular weight is 303 g/mol. The van der Waals surface area contributed by atoms with Crippen LogP contribution in [-0.4, -0.2) is 56.6 Å². The third kappa shape index (κ3) is 3.14. The maximum atomic E-state index is 3.54. The number of rotatable bonds is 4. The van der Waals surface area contributed by atoms with Crippen molar-refractivity contribution in [3.05, 3.63) is 35.2 Å². The standard InChI is InChI=1S/C17H25N3S/c1-18-16(11-14-12-19(2)8-9-20(14)3)15-6-4-5-13-7-10-21-17(13)15/h4-7,10,14,16,18H,8-9,11-12H2,1-3H3. The number of hydrogen-bond acceptors (Lipinski definition) is 4. The van der Waals surface area contributed by atoms with Gasteiger partial charge >= 0.3 is 0 Å². The van der Waals surface area contributed by atoms with Crippen LogP contribution in [0.5, 0.6) is 0 Å². The fourth-order valence-electron chi connectivity index (χ4n) is 3.32. The van der Waals surface area contributed by atoms with Crippen molar-refractivity contribution in [1.29, 1.82) is 0 Å². The van der Waals surface area contributed by atoms with Crippen LogP contribution in [-0.2, 0) is 0 Å². The van der Waals surface area contributed by atoms with Crippen LogP contribution in [0.25, 0.3) is 10.1 Å². The number of benzene rings is 1. The van der Waals surface area contributed by atoms with E-state index >= 15 is 0 Å². The predicted molar refractivity (Wildman–Crippen MR) is 92.2 cm³/mol. The highest BCUT2D eigenvalue weighted by molar-refractivity contribution is 7.17. The van der Waals surface area contributed by atoms with Crippen molar-refractivity contribution in [3.63, 3.8) is 0 Å². The molecule has 0 radical (unpaired) electrons. The van der Waals surface area contributed by atoms with E-state index in [1.807, 2.05) is 11.3 Å². The second-order valence-corrected chi connectivity index (χ2v) is 7.08. The largest absolute Gasteiger partial charge is 0.313 e. The van der Waals surface area contributed by atoms with Gasteiger partial charge in [0.1, 0.15) is 0 Å². The Kier molecular flexibility index (Phi) is 4.60. The van der Waals surface area contributed by atoms with Crippen LogP contribution in [0, 0.1) is 0 Å². The summed E-state index contributed by atoms with van der Waals surface area (Å²) in [5.74, 6) is 0. The van der Waals surface area contributed by atoms with Crippen LogP contribution in [0.1, 0.15) is 18.0 Å². The van der Waals surface area contributed by atoms with E-state index in [-0.39, 0.29) is 0 Å². The molecule has 4 heteroatoms. The molecular weight excluding hydrogens is 278 g/mol. The fraction of sp³-hybridized carbons (Fsp3) is 0.529. The maximum absolute atomic E-state index is 3.54. The minimum Gasteiger partial charge on any atom is -0.313 e. The van der Waals surface area contributed by atoms with Crippen molar-refractivity contribution in [1.82, 2.24) is 15.1 Å². The third-order valence-electron chi connectivity index (χ3n) is 4.72. The van der Waals surface area contributed by atoms with Gasteiger partial charge in [-0.15, -0.1) is 11.3 Å². The topological polar surface area (TPSA) is 18.5 Å². The smallest absolute Gasteiger partial charge is 0.0390 e. The van der Waals surface area contributed by atoms with Gasteiger partial charge in [-0.3, -0.25) is 0 Å². The van der Waals surface area contributed by atoms with Gasteiger partial charge in [0.15, 0.2) is 0 Å². The van der Waals surface area contributed by atoms with Crippen LogP contribution >= 0.6 is 11.3 Å². The Morgan fingerprint density at radius 2 is 2.14 bits per heavy atom. The van der Waals surface area contributed by atoms with Gasteiger partial charge in [-0.2, -0.15) is 0 Å². The molecule has 1 aliphatic heterocycles. The molecule has 1 aromatic carbocycles. The van der Waals surface area contributed by atoms with Crippen LogP contribution < -0.4 is 5.32 Å². The molecule has 0 spiro atoms. The Morgan fingerprint density at radius 1 is 1.29 bits per heavy atom. The molecule has 3 rings (SSSR count). The number of piperazine rings is 1. The summed E-state index contributed by atoms with van der Waals surface area (Å²) in [5, 5.41) is 7.11. The Labute approximate surface area is 131 Å². The zero-order valence-corrected chi connectivity index (χ0v) is 14.0. The Hall–Kier alpha value is -0.940. The monoisotopic (exact) mass is 303 g/mol. The lowest BCUT2D eigenvalue weighted by atomic mass is 9.96. The summed E-state index contributed by atoms with van der Waals surface area (Å²) in [6.45, 7) is 3.51. The molecule has 114 valence electrons. The number of thiophene rings is 1. The highest BCUT2D eigenvalue weighted by atomic mass is 32.1. The van der Waals surface area contributed by atoms with E-state index in [1.54, 1.807) is 0 Å². The second kappa shape index (κ2) is 6.44. The van der Waals surface area contributed by atoms with E-state index in [1.165, 1.54) is 28.7 Å². The summed E-state index contributed by atoms with van der Waals surface area (Å²) < 4.78 is 1.43. The SMILES string of the molecule is CNC(CC1CN(C)CCN1C)c1cccc2ccsc12. The highest BCUT2D eigenvalue weighted by Gasteiger charge is 2.26. The van der Waals surface area contributed by atoms with Gasteiger partial charge in [0.25, 0.3) is 0 Å². The first-order valence-corrected chi connectivity index (χ1v) is 8.59. The second-order valence-electron chi connectivity index (χ2n) is 6.16. The zero-order chi connectivity index (χ0) is 14.8. The minimum absolute atomic E-state index is 0.422. The summed E-state index contributed by atoms with van der Waals surface area (Å²) in [4.78, 5) is 4.96. The summed E-state index contributed by atoms with van der Waals surface area (Å²) in [7, 11) is 6.58. The summed E-state index contributed by atoms with van der Waals surface area (Å²) in [6.07, 6.45) is 1.16. The molecule has 1 fully saturated rings. The Morgan fingerprint density at radius 3 is 2.95 bits per heavy atom. The Bertz CT molecular complexity index is 594. The summed E-state index contributed by atoms with van der Waals surface area (Å²) in [5.41, 5.74) is 1.45. The first kappa shape index (κ1) is 15.0. The van der Waals surface area contributed by atoms with E-state index in [2.05, 4.69) is 65.9 Å². The highest BCUT2D eigenvalue weighted by Crippen LogP contribution is 2.31. The number of hydrogen-bond donors (Lipinski definition) is 1. The minimum atomic E-state index is 0.422. The molecule has 1 saturated heterocycles. The van der Waals surface area contributed by atoms with E-state index in [0.717, 1.165) is 13.0 Å². The first-order chi connectivity index (χ1) is 10.2. The van der Waals surface area contributed by atoms with E-state index in [4.69, 9.17) is 0 Å². The van der Waals surface area contributed by atoms with Crippen molar-refractivity contribution < 1.29 is 0 Å². The molecule has 2 unspecified atom stereocenters. The molecule has 2 heterocycles. The van der Waals surface area contributed by atoms with E-state index < -0.39 is 0 Å². The molecule has 0 aliphatic carbocycles. The molecule has 0 saturated carbocycles. The zero-order valence-electron chi connectivity index (χ0n) is 13.2. The molecule has 1 N–H and O–H groups in total. The van der Waals surface area contributed by atoms with Crippen molar-refractivity contribution >= 4 is 21.4 Å². The van der Waals surface area contributed by atoms with Crippen molar-refractivity contribution in [2.45, 2.75) is 18.5 Å². The van der Waals surface area contributed by atoms with Crippen LogP contribution in [0.3, 0.4) is 0 Å². The van der Waals surface area contributed by atoms with Gasteiger partial charge in [0.05, 0.1) is 0 Å². The Balaban J connectivity index is 1.83. The number of likely N-dealkylation sites (N-methyl/N-ethyl adjacent to an activating group) is 2. The first-order valence-electron chi connectivity index (χ1n) is 7.71. The lowest BCUT2D eigenvalue weighted by Gasteiger charge is -2.39. The van der Waals surface area contributed by atoms with Crippen LogP contribution in [0.15, 0.2) is 29.6 Å². The number of nitrogens with one attached hydrogen (secondary N) is 1. The normalized spacial score (nSPS) is 22.7. The average Bonchev–Trinajstić information content (AvgIpc) is 2.96.